The van der Waals surface area contributed by atoms with Gasteiger partial charge in [-0.25, -0.2) is 0 Å². The molecule has 0 unspecified atom stereocenters. The highest BCUT2D eigenvalue weighted by molar-refractivity contribution is 9.10. The molecule has 0 radical (unpaired) electrons. The minimum atomic E-state index is 0.561. The molecule has 1 aromatic rings. The van der Waals surface area contributed by atoms with Crippen LogP contribution in [0, 0.1) is 0 Å². The first-order valence-electron chi connectivity index (χ1n) is 6.40. The highest BCUT2D eigenvalue weighted by atomic mass is 79.9. The van der Waals surface area contributed by atoms with E-state index >= 15 is 0 Å². The molecule has 0 bridgehead atoms. The zero-order valence-corrected chi connectivity index (χ0v) is 12.5. The SMILES string of the molecule is CCCCOCCOCc1ccc(CN)cc1Br. The number of nitrogens with two attached hydrogens (primary N) is 1. The van der Waals surface area contributed by atoms with Crippen LogP contribution in [0.4, 0.5) is 0 Å². The normalized spacial score (nSPS) is 10.8. The molecular weight excluding hydrogens is 294 g/mol. The maximum atomic E-state index is 5.58. The number of ether oxygens (including phenoxy) is 2. The van der Waals surface area contributed by atoms with Crippen LogP contribution in [0.5, 0.6) is 0 Å². The molecule has 0 atom stereocenters. The zero-order chi connectivity index (χ0) is 13.2. The Morgan fingerprint density at radius 1 is 1.17 bits per heavy atom. The third kappa shape index (κ3) is 5.96. The van der Waals surface area contributed by atoms with E-state index in [1.54, 1.807) is 0 Å². The van der Waals surface area contributed by atoms with Crippen molar-refractivity contribution in [2.45, 2.75) is 32.9 Å². The Kier molecular flexibility index (Phi) is 8.25. The Bertz CT molecular complexity index is 345. The summed E-state index contributed by atoms with van der Waals surface area (Å²) >= 11 is 3.52. The summed E-state index contributed by atoms with van der Waals surface area (Å²) in [5, 5.41) is 0. The van der Waals surface area contributed by atoms with Crippen LogP contribution in [0.1, 0.15) is 30.9 Å². The van der Waals surface area contributed by atoms with Crippen LogP contribution < -0.4 is 5.73 Å². The van der Waals surface area contributed by atoms with E-state index in [4.69, 9.17) is 15.2 Å². The molecule has 0 amide bonds. The van der Waals surface area contributed by atoms with E-state index in [9.17, 15) is 0 Å². The van der Waals surface area contributed by atoms with Gasteiger partial charge < -0.3 is 15.2 Å². The molecule has 0 aliphatic heterocycles. The molecule has 4 heteroatoms. The van der Waals surface area contributed by atoms with Crippen LogP contribution in [0.15, 0.2) is 22.7 Å². The second-order valence-corrected chi connectivity index (χ2v) is 5.00. The standard InChI is InChI=1S/C14H22BrNO2/c1-2-3-6-17-7-8-18-11-13-5-4-12(10-16)9-14(13)15/h4-5,9H,2-3,6-8,10-11,16H2,1H3. The van der Waals surface area contributed by atoms with E-state index in [0.29, 0.717) is 26.4 Å². The summed E-state index contributed by atoms with van der Waals surface area (Å²) in [5.41, 5.74) is 7.84. The van der Waals surface area contributed by atoms with Gasteiger partial charge in [0.25, 0.3) is 0 Å². The van der Waals surface area contributed by atoms with Crippen LogP contribution in [0.3, 0.4) is 0 Å². The Balaban J connectivity index is 2.19. The van der Waals surface area contributed by atoms with Gasteiger partial charge in [0.2, 0.25) is 0 Å². The van der Waals surface area contributed by atoms with Gasteiger partial charge in [-0.3, -0.25) is 0 Å². The maximum Gasteiger partial charge on any atom is 0.0728 e. The van der Waals surface area contributed by atoms with Gasteiger partial charge in [-0.05, 0) is 23.6 Å². The molecule has 1 rings (SSSR count). The number of rotatable bonds is 9. The van der Waals surface area contributed by atoms with Crippen LogP contribution in [0.2, 0.25) is 0 Å². The molecule has 0 saturated carbocycles. The predicted molar refractivity (Wildman–Crippen MR) is 77.4 cm³/mol. The highest BCUT2D eigenvalue weighted by Crippen LogP contribution is 2.19. The first kappa shape index (κ1) is 15.6. The van der Waals surface area contributed by atoms with Gasteiger partial charge in [0, 0.05) is 17.6 Å². The average molecular weight is 316 g/mol. The van der Waals surface area contributed by atoms with Crippen LogP contribution in [-0.2, 0) is 22.6 Å². The summed E-state index contributed by atoms with van der Waals surface area (Å²) in [6.45, 7) is 5.44. The lowest BCUT2D eigenvalue weighted by Gasteiger charge is -2.08. The van der Waals surface area contributed by atoms with Gasteiger partial charge in [0.05, 0.1) is 19.8 Å². The number of halogens is 1. The fourth-order valence-corrected chi connectivity index (χ4v) is 2.02. The van der Waals surface area contributed by atoms with E-state index in [1.165, 1.54) is 6.42 Å². The van der Waals surface area contributed by atoms with Crippen LogP contribution in [-0.4, -0.2) is 19.8 Å². The lowest BCUT2D eigenvalue weighted by atomic mass is 10.1. The molecule has 3 nitrogen and oxygen atoms in total. The van der Waals surface area contributed by atoms with E-state index in [-0.39, 0.29) is 0 Å². The van der Waals surface area contributed by atoms with Crippen molar-refractivity contribution in [1.29, 1.82) is 0 Å². The molecule has 18 heavy (non-hydrogen) atoms. The highest BCUT2D eigenvalue weighted by Gasteiger charge is 2.01. The molecule has 0 aromatic heterocycles. The van der Waals surface area contributed by atoms with Crippen LogP contribution in [0.25, 0.3) is 0 Å². The lowest BCUT2D eigenvalue weighted by Crippen LogP contribution is -2.05. The predicted octanol–water partition coefficient (Wildman–Crippen LogP) is 3.24. The van der Waals surface area contributed by atoms with Gasteiger partial charge in [0.1, 0.15) is 0 Å². The summed E-state index contributed by atoms with van der Waals surface area (Å²) in [7, 11) is 0. The van der Waals surface area contributed by atoms with Crippen molar-refractivity contribution < 1.29 is 9.47 Å². The summed E-state index contributed by atoms with van der Waals surface area (Å²) in [6, 6.07) is 6.11. The zero-order valence-electron chi connectivity index (χ0n) is 11.0. The van der Waals surface area contributed by atoms with Crippen molar-refractivity contribution in [2.24, 2.45) is 5.73 Å². The van der Waals surface area contributed by atoms with Gasteiger partial charge in [0.15, 0.2) is 0 Å². The Labute approximate surface area is 118 Å². The molecule has 0 saturated heterocycles. The molecule has 2 N–H and O–H groups in total. The van der Waals surface area contributed by atoms with E-state index in [1.807, 2.05) is 18.2 Å². The molecule has 102 valence electrons. The number of benzene rings is 1. The van der Waals surface area contributed by atoms with Crippen molar-refractivity contribution in [1.82, 2.24) is 0 Å². The first-order chi connectivity index (χ1) is 8.77. The van der Waals surface area contributed by atoms with Crippen molar-refractivity contribution in [3.8, 4) is 0 Å². The number of unbranched alkanes of at least 4 members (excludes halogenated alkanes) is 1. The second-order valence-electron chi connectivity index (χ2n) is 4.15. The van der Waals surface area contributed by atoms with Crippen molar-refractivity contribution in [3.05, 3.63) is 33.8 Å². The molecule has 0 aliphatic carbocycles. The smallest absolute Gasteiger partial charge is 0.0728 e. The fraction of sp³-hybridized carbons (Fsp3) is 0.571. The Morgan fingerprint density at radius 2 is 1.94 bits per heavy atom. The molecule has 0 heterocycles. The summed E-state index contributed by atoms with van der Waals surface area (Å²) in [4.78, 5) is 0. The lowest BCUT2D eigenvalue weighted by molar-refractivity contribution is 0.0395. The second kappa shape index (κ2) is 9.50. The van der Waals surface area contributed by atoms with E-state index < -0.39 is 0 Å². The van der Waals surface area contributed by atoms with E-state index in [0.717, 1.165) is 28.6 Å². The fourth-order valence-electron chi connectivity index (χ4n) is 1.48. The Hall–Kier alpha value is -0.420. The molecular formula is C14H22BrNO2. The molecule has 0 aliphatic rings. The molecule has 0 fully saturated rings. The van der Waals surface area contributed by atoms with Gasteiger partial charge in [-0.2, -0.15) is 0 Å². The van der Waals surface area contributed by atoms with Crippen molar-refractivity contribution in [2.75, 3.05) is 19.8 Å². The minimum Gasteiger partial charge on any atom is -0.379 e. The summed E-state index contributed by atoms with van der Waals surface area (Å²) < 4.78 is 12.0. The largest absolute Gasteiger partial charge is 0.379 e. The molecule has 0 spiro atoms. The first-order valence-corrected chi connectivity index (χ1v) is 7.20. The van der Waals surface area contributed by atoms with E-state index in [2.05, 4.69) is 22.9 Å². The van der Waals surface area contributed by atoms with Crippen molar-refractivity contribution in [3.63, 3.8) is 0 Å². The number of hydrogen-bond donors (Lipinski definition) is 1. The van der Waals surface area contributed by atoms with Gasteiger partial charge in [-0.15, -0.1) is 0 Å². The number of hydrogen-bond acceptors (Lipinski definition) is 3. The monoisotopic (exact) mass is 315 g/mol. The summed E-state index contributed by atoms with van der Waals surface area (Å²) in [5.74, 6) is 0. The average Bonchev–Trinajstić information content (AvgIpc) is 2.39. The van der Waals surface area contributed by atoms with Gasteiger partial charge >= 0.3 is 0 Å². The Morgan fingerprint density at radius 3 is 2.61 bits per heavy atom. The van der Waals surface area contributed by atoms with Gasteiger partial charge in [-0.1, -0.05) is 41.4 Å². The summed E-state index contributed by atoms with van der Waals surface area (Å²) in [6.07, 6.45) is 2.29. The maximum absolute atomic E-state index is 5.58. The van der Waals surface area contributed by atoms with Crippen molar-refractivity contribution >= 4 is 15.9 Å². The quantitative estimate of drug-likeness (QED) is 0.711. The van der Waals surface area contributed by atoms with Crippen LogP contribution >= 0.6 is 15.9 Å². The third-order valence-electron chi connectivity index (χ3n) is 2.62. The molecule has 1 aromatic carbocycles. The topological polar surface area (TPSA) is 44.5 Å². The third-order valence-corrected chi connectivity index (χ3v) is 3.36. The minimum absolute atomic E-state index is 0.561.